The predicted molar refractivity (Wildman–Crippen MR) is 76.0 cm³/mol. The van der Waals surface area contributed by atoms with E-state index in [2.05, 4.69) is 19.6 Å². The van der Waals surface area contributed by atoms with Crippen molar-refractivity contribution in [2.24, 2.45) is 10.2 Å². The van der Waals surface area contributed by atoms with Gasteiger partial charge < -0.3 is 14.0 Å². The van der Waals surface area contributed by atoms with Crippen LogP contribution in [0.3, 0.4) is 0 Å². The molecule has 0 saturated carbocycles. The number of hydrogen-bond donors (Lipinski definition) is 0. The fourth-order valence-electron chi connectivity index (χ4n) is 1.55. The lowest BCUT2D eigenvalue weighted by atomic mass is 10.2. The van der Waals surface area contributed by atoms with Crippen molar-refractivity contribution < 1.29 is 21.7 Å². The van der Waals surface area contributed by atoms with Gasteiger partial charge in [0.2, 0.25) is 10.4 Å². The molecule has 0 radical (unpaired) electrons. The van der Waals surface area contributed by atoms with Crippen molar-refractivity contribution in [1.82, 2.24) is 5.16 Å². The second-order valence-corrected chi connectivity index (χ2v) is 5.27. The molecule has 0 fully saturated rings. The zero-order chi connectivity index (χ0) is 16.0. The molecule has 0 atom stereocenters. The molecule has 0 spiro atoms. The maximum atomic E-state index is 10.3. The second kappa shape index (κ2) is 7.11. The van der Waals surface area contributed by atoms with E-state index in [0.29, 0.717) is 11.6 Å². The SMILES string of the molecule is CN(CCOS(=O)(=O)[O-])c1ccc(N=Nc2ccno2)cc1. The van der Waals surface area contributed by atoms with Crippen molar-refractivity contribution in [2.75, 3.05) is 25.1 Å². The number of nitrogens with zero attached hydrogens (tertiary/aromatic N) is 4. The fourth-order valence-corrected chi connectivity index (χ4v) is 1.83. The van der Waals surface area contributed by atoms with Gasteiger partial charge in [0.05, 0.1) is 18.5 Å². The van der Waals surface area contributed by atoms with Crippen LogP contribution in [-0.2, 0) is 14.6 Å². The Kier molecular flexibility index (Phi) is 5.20. The number of rotatable bonds is 7. The van der Waals surface area contributed by atoms with Crippen LogP contribution in [0.5, 0.6) is 0 Å². The normalized spacial score (nSPS) is 11.9. The van der Waals surface area contributed by atoms with E-state index >= 15 is 0 Å². The third-order valence-electron chi connectivity index (χ3n) is 2.63. The lowest BCUT2D eigenvalue weighted by molar-refractivity contribution is 0.267. The fraction of sp³-hybridized carbons (Fsp3) is 0.250. The van der Waals surface area contributed by atoms with Crippen LogP contribution in [0.2, 0.25) is 0 Å². The Hall–Kier alpha value is -2.30. The molecule has 0 aliphatic heterocycles. The lowest BCUT2D eigenvalue weighted by Crippen LogP contribution is -2.23. The predicted octanol–water partition coefficient (Wildman–Crippen LogP) is 2.00. The Morgan fingerprint density at radius 3 is 2.59 bits per heavy atom. The maximum absolute atomic E-state index is 10.3. The van der Waals surface area contributed by atoms with Crippen LogP contribution in [0.1, 0.15) is 0 Å². The quantitative estimate of drug-likeness (QED) is 0.433. The third kappa shape index (κ3) is 5.24. The van der Waals surface area contributed by atoms with Crippen LogP contribution >= 0.6 is 0 Å². The molecule has 9 nitrogen and oxygen atoms in total. The zero-order valence-corrected chi connectivity index (χ0v) is 12.4. The van der Waals surface area contributed by atoms with E-state index in [-0.39, 0.29) is 13.2 Å². The first kappa shape index (κ1) is 16.1. The summed E-state index contributed by atoms with van der Waals surface area (Å²) in [6, 6.07) is 8.60. The smallest absolute Gasteiger partial charge is 0.269 e. The molecule has 1 aromatic carbocycles. The lowest BCUT2D eigenvalue weighted by Gasteiger charge is -2.19. The summed E-state index contributed by atoms with van der Waals surface area (Å²) in [6.45, 7) is 0.0374. The Morgan fingerprint density at radius 2 is 2.00 bits per heavy atom. The summed E-state index contributed by atoms with van der Waals surface area (Å²) in [5, 5.41) is 11.3. The highest BCUT2D eigenvalue weighted by atomic mass is 32.3. The molecule has 0 saturated heterocycles. The van der Waals surface area contributed by atoms with Crippen LogP contribution < -0.4 is 4.90 Å². The minimum atomic E-state index is -4.66. The highest BCUT2D eigenvalue weighted by molar-refractivity contribution is 7.80. The van der Waals surface area contributed by atoms with Gasteiger partial charge in [0.25, 0.3) is 5.88 Å². The van der Waals surface area contributed by atoms with Gasteiger partial charge in [-0.05, 0) is 24.3 Å². The van der Waals surface area contributed by atoms with Gasteiger partial charge in [0.15, 0.2) is 0 Å². The molecule has 0 amide bonds. The first-order valence-corrected chi connectivity index (χ1v) is 7.51. The zero-order valence-electron chi connectivity index (χ0n) is 11.6. The van der Waals surface area contributed by atoms with Crippen LogP contribution in [0.4, 0.5) is 17.3 Å². The number of azo groups is 1. The standard InChI is InChI=1S/C12H14N4O5S/c1-16(8-9-20-22(17,18)19)11-4-2-10(3-5-11)14-15-12-6-7-13-21-12/h2-7H,8-9H2,1H3,(H,17,18,19)/p-1. The van der Waals surface area contributed by atoms with E-state index in [1.165, 1.54) is 6.20 Å². The Labute approximate surface area is 127 Å². The average Bonchev–Trinajstić information content (AvgIpc) is 2.97. The summed E-state index contributed by atoms with van der Waals surface area (Å²) in [6.07, 6.45) is 1.47. The van der Waals surface area contributed by atoms with Crippen molar-refractivity contribution in [3.05, 3.63) is 36.5 Å². The minimum Gasteiger partial charge on any atom is -0.726 e. The molecular formula is C12H13N4O5S-. The molecule has 118 valence electrons. The summed E-state index contributed by atoms with van der Waals surface area (Å²) in [5.74, 6) is 0.303. The summed E-state index contributed by atoms with van der Waals surface area (Å²) < 4.78 is 39.9. The second-order valence-electron chi connectivity index (χ2n) is 4.22. The van der Waals surface area contributed by atoms with E-state index in [1.54, 1.807) is 42.3 Å². The molecule has 2 rings (SSSR count). The van der Waals surface area contributed by atoms with Gasteiger partial charge >= 0.3 is 0 Å². The van der Waals surface area contributed by atoms with Crippen molar-refractivity contribution in [3.63, 3.8) is 0 Å². The summed E-state index contributed by atoms with van der Waals surface area (Å²) in [5.41, 5.74) is 1.43. The molecule has 0 aliphatic carbocycles. The van der Waals surface area contributed by atoms with E-state index in [4.69, 9.17) is 4.52 Å². The average molecular weight is 325 g/mol. The molecule has 0 N–H and O–H groups in total. The third-order valence-corrected chi connectivity index (χ3v) is 3.09. The van der Waals surface area contributed by atoms with Crippen LogP contribution in [-0.4, -0.2) is 38.3 Å². The topological polar surface area (TPSA) is 120 Å². The van der Waals surface area contributed by atoms with Gasteiger partial charge in [-0.15, -0.1) is 10.2 Å². The molecule has 0 aliphatic rings. The number of likely N-dealkylation sites (N-methyl/N-ethyl adjacent to an activating group) is 1. The van der Waals surface area contributed by atoms with Crippen LogP contribution in [0.25, 0.3) is 0 Å². The highest BCUT2D eigenvalue weighted by Gasteiger charge is 2.03. The van der Waals surface area contributed by atoms with Gasteiger partial charge in [-0.25, -0.2) is 8.42 Å². The highest BCUT2D eigenvalue weighted by Crippen LogP contribution is 2.21. The van der Waals surface area contributed by atoms with Crippen molar-refractivity contribution in [3.8, 4) is 0 Å². The molecule has 10 heteroatoms. The van der Waals surface area contributed by atoms with Crippen molar-refractivity contribution >= 4 is 27.7 Å². The van der Waals surface area contributed by atoms with Crippen LogP contribution in [0, 0.1) is 0 Å². The largest absolute Gasteiger partial charge is 0.726 e. The number of benzene rings is 1. The molecule has 1 aromatic heterocycles. The maximum Gasteiger partial charge on any atom is 0.269 e. The number of aromatic nitrogens is 1. The monoisotopic (exact) mass is 325 g/mol. The Balaban J connectivity index is 1.90. The molecule has 0 unspecified atom stereocenters. The van der Waals surface area contributed by atoms with Crippen LogP contribution in [0.15, 0.2) is 51.3 Å². The van der Waals surface area contributed by atoms with E-state index in [1.807, 2.05) is 0 Å². The molecule has 2 aromatic rings. The number of hydrogen-bond acceptors (Lipinski definition) is 9. The van der Waals surface area contributed by atoms with Gasteiger partial charge in [-0.3, -0.25) is 4.18 Å². The van der Waals surface area contributed by atoms with E-state index in [0.717, 1.165) is 5.69 Å². The van der Waals surface area contributed by atoms with Crippen molar-refractivity contribution in [1.29, 1.82) is 0 Å². The van der Waals surface area contributed by atoms with Gasteiger partial charge in [0.1, 0.15) is 0 Å². The van der Waals surface area contributed by atoms with Gasteiger partial charge in [0, 0.05) is 25.3 Å². The molecule has 0 bridgehead atoms. The molecule has 1 heterocycles. The summed E-state index contributed by atoms with van der Waals surface area (Å²) in [7, 11) is -2.91. The van der Waals surface area contributed by atoms with E-state index < -0.39 is 10.4 Å². The first-order chi connectivity index (χ1) is 10.4. The molecule has 22 heavy (non-hydrogen) atoms. The Bertz CT molecular complexity index is 712. The van der Waals surface area contributed by atoms with Crippen molar-refractivity contribution in [2.45, 2.75) is 0 Å². The summed E-state index contributed by atoms with van der Waals surface area (Å²) >= 11 is 0. The number of anilines is 1. The van der Waals surface area contributed by atoms with E-state index in [9.17, 15) is 13.0 Å². The first-order valence-electron chi connectivity index (χ1n) is 6.18. The minimum absolute atomic E-state index is 0.213. The summed E-state index contributed by atoms with van der Waals surface area (Å²) in [4.78, 5) is 1.74. The Morgan fingerprint density at radius 1 is 1.27 bits per heavy atom. The van der Waals surface area contributed by atoms with Gasteiger partial charge in [-0.2, -0.15) is 0 Å². The molecular weight excluding hydrogens is 312 g/mol. The van der Waals surface area contributed by atoms with Gasteiger partial charge in [-0.1, -0.05) is 5.16 Å².